The Kier molecular flexibility index (Phi) is 10.0. The summed E-state index contributed by atoms with van der Waals surface area (Å²) in [7, 11) is 2.82. The van der Waals surface area contributed by atoms with Gasteiger partial charge in [-0.05, 0) is 12.1 Å². The Morgan fingerprint density at radius 2 is 1.31 bits per heavy atom. The molecule has 0 aliphatic carbocycles. The second kappa shape index (κ2) is 12.7. The van der Waals surface area contributed by atoms with Crippen LogP contribution < -0.4 is 14.8 Å². The van der Waals surface area contributed by atoms with Crippen LogP contribution in [0.25, 0.3) is 0 Å². The van der Waals surface area contributed by atoms with Gasteiger partial charge in [0.1, 0.15) is 30.3 Å². The minimum absolute atomic E-state index is 0.0985. The highest BCUT2D eigenvalue weighted by atomic mass is 16.7. The molecule has 1 aromatic rings. The van der Waals surface area contributed by atoms with Crippen LogP contribution in [0.4, 0.5) is 0 Å². The fourth-order valence-electron chi connectivity index (χ4n) is 3.51. The number of ether oxygens (including phenoxy) is 7. The third kappa shape index (κ3) is 7.83. The first-order valence-electron chi connectivity index (χ1n) is 10.8. The van der Waals surface area contributed by atoms with Crippen molar-refractivity contribution in [1.29, 1.82) is 0 Å². The van der Waals surface area contributed by atoms with Gasteiger partial charge in [-0.25, -0.2) is 0 Å². The summed E-state index contributed by atoms with van der Waals surface area (Å²) < 4.78 is 37.0. The van der Waals surface area contributed by atoms with Crippen LogP contribution in [-0.4, -0.2) is 81.3 Å². The quantitative estimate of drug-likeness (QED) is 0.362. The highest BCUT2D eigenvalue weighted by Crippen LogP contribution is 2.29. The van der Waals surface area contributed by atoms with E-state index >= 15 is 0 Å². The summed E-state index contributed by atoms with van der Waals surface area (Å²) in [5.74, 6) is -3.03. The van der Waals surface area contributed by atoms with Crippen LogP contribution in [0.2, 0.25) is 0 Å². The summed E-state index contributed by atoms with van der Waals surface area (Å²) in [4.78, 5) is 60.3. The van der Waals surface area contributed by atoms with Gasteiger partial charge in [-0.15, -0.1) is 0 Å². The van der Waals surface area contributed by atoms with Crippen LogP contribution in [-0.2, 0) is 42.9 Å². The van der Waals surface area contributed by atoms with Crippen molar-refractivity contribution >= 4 is 29.8 Å². The first kappa shape index (κ1) is 28.4. The number of nitrogens with one attached hydrogen (secondary N) is 1. The van der Waals surface area contributed by atoms with E-state index in [9.17, 15) is 24.0 Å². The van der Waals surface area contributed by atoms with Crippen LogP contribution in [0.1, 0.15) is 38.1 Å². The van der Waals surface area contributed by atoms with Crippen molar-refractivity contribution in [2.24, 2.45) is 0 Å². The minimum atomic E-state index is -1.52. The lowest BCUT2D eigenvalue weighted by Crippen LogP contribution is -2.67. The van der Waals surface area contributed by atoms with Gasteiger partial charge < -0.3 is 38.5 Å². The number of amides is 1. The average molecular weight is 511 g/mol. The molecule has 198 valence electrons. The lowest BCUT2D eigenvalue weighted by Gasteiger charge is -2.44. The molecule has 1 fully saturated rings. The van der Waals surface area contributed by atoms with E-state index in [2.05, 4.69) is 5.32 Å². The van der Waals surface area contributed by atoms with E-state index in [-0.39, 0.29) is 5.56 Å². The van der Waals surface area contributed by atoms with Gasteiger partial charge in [0.25, 0.3) is 5.91 Å². The summed E-state index contributed by atoms with van der Waals surface area (Å²) in [5.41, 5.74) is 0.0985. The maximum atomic E-state index is 13.3. The molecule has 0 bridgehead atoms. The molecule has 5 atom stereocenters. The van der Waals surface area contributed by atoms with Gasteiger partial charge in [-0.3, -0.25) is 24.0 Å². The molecule has 13 heteroatoms. The van der Waals surface area contributed by atoms with Gasteiger partial charge in [0.2, 0.25) is 6.29 Å². The predicted molar refractivity (Wildman–Crippen MR) is 119 cm³/mol. The Balaban J connectivity index is 2.53. The number of esters is 4. The lowest BCUT2D eigenvalue weighted by molar-refractivity contribution is -0.277. The number of hydrogen-bond acceptors (Lipinski definition) is 12. The maximum absolute atomic E-state index is 13.3. The van der Waals surface area contributed by atoms with Gasteiger partial charge in [0, 0.05) is 39.3 Å². The predicted octanol–water partition coefficient (Wildman–Crippen LogP) is 0.517. The van der Waals surface area contributed by atoms with Gasteiger partial charge in [-0.2, -0.15) is 0 Å². The van der Waals surface area contributed by atoms with Crippen molar-refractivity contribution in [3.8, 4) is 11.5 Å². The molecule has 1 amide bonds. The third-order valence-electron chi connectivity index (χ3n) is 4.90. The molecule has 1 aromatic carbocycles. The summed E-state index contributed by atoms with van der Waals surface area (Å²) in [5, 5.41) is 2.65. The topological polar surface area (TPSA) is 162 Å². The second-order valence-corrected chi connectivity index (χ2v) is 7.70. The first-order valence-corrected chi connectivity index (χ1v) is 10.8. The molecule has 0 radical (unpaired) electrons. The summed E-state index contributed by atoms with van der Waals surface area (Å²) in [6, 6.07) is 3.12. The fraction of sp³-hybridized carbons (Fsp3) is 0.522. The van der Waals surface area contributed by atoms with E-state index in [0.717, 1.165) is 27.7 Å². The normalized spacial score (nSPS) is 23.0. The van der Waals surface area contributed by atoms with Crippen molar-refractivity contribution in [1.82, 2.24) is 5.32 Å². The van der Waals surface area contributed by atoms with Crippen LogP contribution in [0.5, 0.6) is 11.5 Å². The van der Waals surface area contributed by atoms with Crippen LogP contribution in [0.15, 0.2) is 18.2 Å². The molecule has 1 aliphatic rings. The third-order valence-corrected chi connectivity index (χ3v) is 4.90. The van der Waals surface area contributed by atoms with Crippen molar-refractivity contribution in [3.63, 3.8) is 0 Å². The fourth-order valence-corrected chi connectivity index (χ4v) is 3.51. The highest BCUT2D eigenvalue weighted by molar-refractivity contribution is 5.95. The van der Waals surface area contributed by atoms with Crippen molar-refractivity contribution in [2.45, 2.75) is 58.3 Å². The molecule has 1 heterocycles. The average Bonchev–Trinajstić information content (AvgIpc) is 2.80. The van der Waals surface area contributed by atoms with E-state index in [1.807, 2.05) is 0 Å². The largest absolute Gasteiger partial charge is 0.497 e. The molecule has 2 rings (SSSR count). The smallest absolute Gasteiger partial charge is 0.305 e. The second-order valence-electron chi connectivity index (χ2n) is 7.70. The summed E-state index contributed by atoms with van der Waals surface area (Å²) in [6.07, 6.45) is -5.46. The Morgan fingerprint density at radius 3 is 1.78 bits per heavy atom. The van der Waals surface area contributed by atoms with Gasteiger partial charge in [0.05, 0.1) is 14.2 Å². The molecule has 1 N–H and O–H groups in total. The monoisotopic (exact) mass is 511 g/mol. The number of methoxy groups -OCH3 is 2. The maximum Gasteiger partial charge on any atom is 0.305 e. The summed E-state index contributed by atoms with van der Waals surface area (Å²) >= 11 is 0. The van der Waals surface area contributed by atoms with Crippen molar-refractivity contribution in [2.75, 3.05) is 20.8 Å². The van der Waals surface area contributed by atoms with E-state index < -0.39 is 67.0 Å². The standard InChI is InChI=1S/C23H29NO12/c1-11(25)32-10-18-20(33-12(2)26)19(21(34-13(3)27)23(36-18)35-14(4)28)24-22(29)15-7-16(30-5)9-17(8-15)31-6/h7-9,18-21,23H,10H2,1-6H3,(H,24,29)/t18-,19+,20+,21-,23?/m1/s1. The SMILES string of the molecule is COc1cc(OC)cc(C(=O)N[C@H]2[C@@H](OC(C)=O)[C@@H](COC(C)=O)OC(OC(C)=O)[C@@H]2OC(C)=O)c1. The Morgan fingerprint density at radius 1 is 0.778 bits per heavy atom. The Labute approximate surface area is 207 Å². The summed E-state index contributed by atoms with van der Waals surface area (Å²) in [6.45, 7) is 4.06. The zero-order valence-corrected chi connectivity index (χ0v) is 20.7. The van der Waals surface area contributed by atoms with E-state index in [0.29, 0.717) is 11.5 Å². The molecule has 1 aliphatic heterocycles. The van der Waals surface area contributed by atoms with Gasteiger partial charge in [0.15, 0.2) is 12.2 Å². The number of rotatable bonds is 9. The van der Waals surface area contributed by atoms with Crippen molar-refractivity contribution < 1.29 is 57.1 Å². The number of benzene rings is 1. The molecule has 0 spiro atoms. The number of hydrogen-bond donors (Lipinski definition) is 1. The lowest BCUT2D eigenvalue weighted by atomic mass is 9.95. The molecule has 13 nitrogen and oxygen atoms in total. The van der Waals surface area contributed by atoms with Gasteiger partial charge >= 0.3 is 23.9 Å². The first-order chi connectivity index (χ1) is 16.9. The van der Waals surface area contributed by atoms with E-state index in [1.54, 1.807) is 6.07 Å². The van der Waals surface area contributed by atoms with Crippen LogP contribution in [0, 0.1) is 0 Å². The zero-order chi connectivity index (χ0) is 27.0. The molecule has 1 saturated heterocycles. The van der Waals surface area contributed by atoms with Crippen LogP contribution >= 0.6 is 0 Å². The minimum Gasteiger partial charge on any atom is -0.497 e. The highest BCUT2D eigenvalue weighted by Gasteiger charge is 2.52. The zero-order valence-electron chi connectivity index (χ0n) is 20.7. The molecular formula is C23H29NO12. The molecule has 0 aromatic heterocycles. The molecule has 0 saturated carbocycles. The van der Waals surface area contributed by atoms with E-state index in [4.69, 9.17) is 33.2 Å². The van der Waals surface area contributed by atoms with Crippen LogP contribution in [0.3, 0.4) is 0 Å². The molecule has 36 heavy (non-hydrogen) atoms. The van der Waals surface area contributed by atoms with Gasteiger partial charge in [-0.1, -0.05) is 0 Å². The molecular weight excluding hydrogens is 482 g/mol. The number of carbonyl (C=O) groups excluding carboxylic acids is 5. The Hall–Kier alpha value is -3.87. The Bertz CT molecular complexity index is 971. The van der Waals surface area contributed by atoms with Crippen molar-refractivity contribution in [3.05, 3.63) is 23.8 Å². The number of carbonyl (C=O) groups is 5. The van der Waals surface area contributed by atoms with E-state index in [1.165, 1.54) is 26.4 Å². The molecule has 1 unspecified atom stereocenters.